The Labute approximate surface area is 230 Å². The number of Topliss-reactive ketones (excluding diaryl/α,β-unsaturated/α-hetero) is 2. The average molecular weight is 561 g/mol. The largest absolute Gasteiger partial charge is 0.507 e. The van der Waals surface area contributed by atoms with Gasteiger partial charge in [-0.2, -0.15) is 0 Å². The Morgan fingerprint density at radius 3 is 2.26 bits per heavy atom. The van der Waals surface area contributed by atoms with E-state index in [4.69, 9.17) is 40.0 Å². The van der Waals surface area contributed by atoms with Gasteiger partial charge in [-0.3, -0.25) is 14.4 Å². The van der Waals surface area contributed by atoms with Crippen LogP contribution in [0.3, 0.4) is 0 Å². The molecule has 1 N–H and O–H groups in total. The molecule has 39 heavy (non-hydrogen) atoms. The highest BCUT2D eigenvalue weighted by Crippen LogP contribution is 2.56. The van der Waals surface area contributed by atoms with Gasteiger partial charge in [-0.05, 0) is 17.7 Å². The molecule has 1 aliphatic carbocycles. The minimum atomic E-state index is -1.99. The fraction of sp³-hybridized carbons (Fsp3) is 0.393. The summed E-state index contributed by atoms with van der Waals surface area (Å²) in [6, 6.07) is 6.31. The number of benzene rings is 2. The smallest absolute Gasteiger partial charge is 0.306 e. The first kappa shape index (κ1) is 28.1. The van der Waals surface area contributed by atoms with E-state index in [9.17, 15) is 19.5 Å². The lowest BCUT2D eigenvalue weighted by atomic mass is 9.69. The standard InChI is InChI=1S/C28H29ClO10/c1-13-9-16(30)22(15(11-21(31)38-6)14-7-8-17(34-2)18(10-14)35-3)26(32)28(13)27(33)23-19(36-4)12-20(37-5)24(29)25(23)39-28/h7-8,10,12-13,15,32H,9,11H2,1-6H3/t13-,15-,28+/m1/s1. The summed E-state index contributed by atoms with van der Waals surface area (Å²) < 4.78 is 32.5. The first-order valence-electron chi connectivity index (χ1n) is 12.0. The van der Waals surface area contributed by atoms with Crippen molar-refractivity contribution < 1.29 is 47.9 Å². The van der Waals surface area contributed by atoms with Gasteiger partial charge in [-0.15, -0.1) is 0 Å². The summed E-state index contributed by atoms with van der Waals surface area (Å²) in [6.07, 6.45) is -0.457. The van der Waals surface area contributed by atoms with Crippen LogP contribution in [0, 0.1) is 5.92 Å². The van der Waals surface area contributed by atoms with Gasteiger partial charge in [0.05, 0.1) is 42.0 Å². The first-order chi connectivity index (χ1) is 18.6. The number of esters is 1. The van der Waals surface area contributed by atoms with Gasteiger partial charge < -0.3 is 33.5 Å². The van der Waals surface area contributed by atoms with Crippen molar-refractivity contribution in [3.05, 3.63) is 51.7 Å². The van der Waals surface area contributed by atoms with Crippen LogP contribution in [-0.2, 0) is 14.3 Å². The highest BCUT2D eigenvalue weighted by Gasteiger charge is 2.61. The summed E-state index contributed by atoms with van der Waals surface area (Å²) in [7, 11) is 6.92. The summed E-state index contributed by atoms with van der Waals surface area (Å²) >= 11 is 6.51. The Kier molecular flexibility index (Phi) is 7.70. The Morgan fingerprint density at radius 1 is 1.03 bits per heavy atom. The van der Waals surface area contributed by atoms with E-state index in [0.717, 1.165) is 0 Å². The maximum atomic E-state index is 14.1. The number of fused-ring (bicyclic) bond motifs is 1. The Balaban J connectivity index is 1.96. The number of ketones is 2. The first-order valence-corrected chi connectivity index (χ1v) is 12.4. The molecule has 3 atom stereocenters. The van der Waals surface area contributed by atoms with E-state index in [1.165, 1.54) is 41.6 Å². The normalized spacial score (nSPS) is 20.8. The number of carbonyl (C=O) groups excluding carboxylic acids is 3. The second kappa shape index (κ2) is 10.7. The van der Waals surface area contributed by atoms with Crippen LogP contribution in [0.25, 0.3) is 0 Å². The molecule has 2 aromatic carbocycles. The molecule has 1 spiro atoms. The molecule has 0 saturated heterocycles. The molecule has 0 amide bonds. The van der Waals surface area contributed by atoms with E-state index in [2.05, 4.69) is 0 Å². The van der Waals surface area contributed by atoms with E-state index >= 15 is 0 Å². The number of aliphatic hydroxyl groups is 1. The molecular formula is C28H29ClO10. The van der Waals surface area contributed by atoms with Crippen molar-refractivity contribution in [1.82, 2.24) is 0 Å². The van der Waals surface area contributed by atoms with Gasteiger partial charge in [-0.1, -0.05) is 24.6 Å². The van der Waals surface area contributed by atoms with Crippen molar-refractivity contribution in [2.24, 2.45) is 5.92 Å². The summed E-state index contributed by atoms with van der Waals surface area (Å²) in [4.78, 5) is 40.1. The topological polar surface area (TPSA) is 127 Å². The van der Waals surface area contributed by atoms with Crippen LogP contribution < -0.4 is 23.7 Å². The van der Waals surface area contributed by atoms with Crippen LogP contribution in [-0.4, -0.2) is 63.8 Å². The number of carbonyl (C=O) groups is 3. The van der Waals surface area contributed by atoms with E-state index in [-0.39, 0.29) is 46.2 Å². The van der Waals surface area contributed by atoms with Crippen LogP contribution in [0.4, 0.5) is 0 Å². The minimum Gasteiger partial charge on any atom is -0.507 e. The third-order valence-corrected chi connectivity index (χ3v) is 7.63. The molecule has 0 radical (unpaired) electrons. The zero-order valence-corrected chi connectivity index (χ0v) is 23.1. The van der Waals surface area contributed by atoms with Crippen LogP contribution in [0.5, 0.6) is 28.7 Å². The highest BCUT2D eigenvalue weighted by molar-refractivity contribution is 6.35. The van der Waals surface area contributed by atoms with Crippen molar-refractivity contribution in [3.8, 4) is 28.7 Å². The molecule has 0 bridgehead atoms. The number of hydrogen-bond acceptors (Lipinski definition) is 10. The minimum absolute atomic E-state index is 0.0166. The van der Waals surface area contributed by atoms with Crippen molar-refractivity contribution in [1.29, 1.82) is 0 Å². The maximum Gasteiger partial charge on any atom is 0.306 e. The van der Waals surface area contributed by atoms with E-state index in [1.807, 2.05) is 0 Å². The van der Waals surface area contributed by atoms with E-state index in [1.54, 1.807) is 25.1 Å². The van der Waals surface area contributed by atoms with Gasteiger partial charge in [-0.25, -0.2) is 0 Å². The summed E-state index contributed by atoms with van der Waals surface area (Å²) in [5.74, 6) is -3.01. The van der Waals surface area contributed by atoms with Crippen molar-refractivity contribution >= 4 is 29.1 Å². The molecule has 11 heteroatoms. The maximum absolute atomic E-state index is 14.1. The Hall–Kier alpha value is -3.92. The number of rotatable bonds is 8. The average Bonchev–Trinajstić information content (AvgIpc) is 3.25. The van der Waals surface area contributed by atoms with Crippen LogP contribution >= 0.6 is 11.6 Å². The van der Waals surface area contributed by atoms with Crippen LogP contribution in [0.2, 0.25) is 5.02 Å². The van der Waals surface area contributed by atoms with Gasteiger partial charge >= 0.3 is 5.97 Å². The van der Waals surface area contributed by atoms with Gasteiger partial charge in [0, 0.05) is 29.9 Å². The van der Waals surface area contributed by atoms with Gasteiger partial charge in [0.15, 0.2) is 28.8 Å². The van der Waals surface area contributed by atoms with Crippen molar-refractivity contribution in [2.45, 2.75) is 31.3 Å². The molecular weight excluding hydrogens is 532 g/mol. The number of hydrogen-bond donors (Lipinski definition) is 1. The quantitative estimate of drug-likeness (QED) is 0.462. The molecule has 0 fully saturated rings. The van der Waals surface area contributed by atoms with E-state index in [0.29, 0.717) is 17.1 Å². The molecule has 2 aromatic rings. The van der Waals surface area contributed by atoms with Crippen molar-refractivity contribution in [2.75, 3.05) is 35.5 Å². The van der Waals surface area contributed by atoms with E-state index < -0.39 is 40.7 Å². The zero-order valence-electron chi connectivity index (χ0n) is 22.4. The molecule has 0 saturated carbocycles. The molecule has 2 aliphatic rings. The molecule has 4 rings (SSSR count). The number of ether oxygens (including phenoxy) is 6. The zero-order chi connectivity index (χ0) is 28.6. The molecule has 0 aromatic heterocycles. The van der Waals surface area contributed by atoms with Gasteiger partial charge in [0.2, 0.25) is 11.4 Å². The Morgan fingerprint density at radius 2 is 1.67 bits per heavy atom. The fourth-order valence-corrected chi connectivity index (χ4v) is 5.51. The lowest BCUT2D eigenvalue weighted by Crippen LogP contribution is -2.53. The lowest BCUT2D eigenvalue weighted by molar-refractivity contribution is -0.140. The second-order valence-corrected chi connectivity index (χ2v) is 9.58. The monoisotopic (exact) mass is 560 g/mol. The molecule has 0 unspecified atom stereocenters. The lowest BCUT2D eigenvalue weighted by Gasteiger charge is -2.38. The number of aliphatic hydroxyl groups excluding tert-OH is 1. The Bertz CT molecular complexity index is 1380. The number of allylic oxidation sites excluding steroid dienone is 1. The predicted octanol–water partition coefficient (Wildman–Crippen LogP) is 4.46. The molecule has 10 nitrogen and oxygen atoms in total. The summed E-state index contributed by atoms with van der Waals surface area (Å²) in [6.45, 7) is 1.62. The molecule has 208 valence electrons. The van der Waals surface area contributed by atoms with Gasteiger partial charge in [0.1, 0.15) is 22.1 Å². The van der Waals surface area contributed by atoms with Gasteiger partial charge in [0.25, 0.3) is 0 Å². The third kappa shape index (κ3) is 4.32. The number of methoxy groups -OCH3 is 5. The highest BCUT2D eigenvalue weighted by atomic mass is 35.5. The number of halogens is 1. The molecule has 1 heterocycles. The summed E-state index contributed by atoms with van der Waals surface area (Å²) in [5, 5.41) is 11.8. The molecule has 1 aliphatic heterocycles. The third-order valence-electron chi connectivity index (χ3n) is 7.27. The predicted molar refractivity (Wildman–Crippen MR) is 140 cm³/mol. The fourth-order valence-electron chi connectivity index (χ4n) is 5.24. The SMILES string of the molecule is COC(=O)C[C@@H](C1=C(O)[C@@]2(Oc3c(Cl)c(OC)cc(OC)c3C2=O)[C@H](C)CC1=O)c1ccc(OC)c(OC)c1. The van der Waals surface area contributed by atoms with Crippen LogP contribution in [0.15, 0.2) is 35.6 Å². The summed E-state index contributed by atoms with van der Waals surface area (Å²) in [5.41, 5.74) is -1.65. The van der Waals surface area contributed by atoms with Crippen LogP contribution in [0.1, 0.15) is 41.6 Å². The van der Waals surface area contributed by atoms with Crippen molar-refractivity contribution in [3.63, 3.8) is 0 Å². The second-order valence-electron chi connectivity index (χ2n) is 9.20.